The SMILES string of the molecule is Cc1cc(P(=Nc2ccc([N+](=O)[O-])cc2)(c2ccccc2)c2ccccc2)c(C)n1-c1ccc(Br)cc1. The fourth-order valence-electron chi connectivity index (χ4n) is 4.76. The van der Waals surface area contributed by atoms with E-state index in [9.17, 15) is 10.1 Å². The van der Waals surface area contributed by atoms with Gasteiger partial charge in [0.05, 0.1) is 17.7 Å². The summed E-state index contributed by atoms with van der Waals surface area (Å²) in [4.78, 5) is 10.9. The molecule has 0 amide bonds. The van der Waals surface area contributed by atoms with E-state index in [-0.39, 0.29) is 10.6 Å². The summed E-state index contributed by atoms with van der Waals surface area (Å²) in [6.45, 7) is 4.27. The second-order valence-electron chi connectivity index (χ2n) is 8.75. The number of aromatic nitrogens is 1. The molecule has 0 radical (unpaired) electrons. The lowest BCUT2D eigenvalue weighted by molar-refractivity contribution is -0.384. The molecule has 5 rings (SSSR count). The molecule has 0 unspecified atom stereocenters. The molecular weight excluding hydrogens is 545 g/mol. The minimum Gasteiger partial charge on any atom is -0.318 e. The Kier molecular flexibility index (Phi) is 6.96. The summed E-state index contributed by atoms with van der Waals surface area (Å²) in [5.74, 6) is 0. The molecule has 0 saturated carbocycles. The van der Waals surface area contributed by atoms with Gasteiger partial charge in [-0.3, -0.25) is 14.9 Å². The maximum Gasteiger partial charge on any atom is 0.269 e. The standard InChI is InChI=1S/C30H25BrN3O2P/c1-22-21-30(23(2)33(22)26-17-13-24(31)14-18-26)37(28-9-5-3-6-10-28,29-11-7-4-8-12-29)32-25-15-19-27(20-16-25)34(35)36/h3-21H,1-2H3. The Morgan fingerprint density at radius 3 is 1.84 bits per heavy atom. The Bertz CT molecular complexity index is 1570. The Hall–Kier alpha value is -3.73. The molecule has 5 aromatic rings. The van der Waals surface area contributed by atoms with Gasteiger partial charge in [0.25, 0.3) is 5.69 Å². The Morgan fingerprint density at radius 1 is 0.784 bits per heavy atom. The van der Waals surface area contributed by atoms with Crippen LogP contribution >= 0.6 is 23.0 Å². The second kappa shape index (κ2) is 10.3. The minimum absolute atomic E-state index is 0.0516. The van der Waals surface area contributed by atoms with Gasteiger partial charge in [-0.2, -0.15) is 0 Å². The normalized spacial score (nSPS) is 11.3. The molecule has 0 atom stereocenters. The van der Waals surface area contributed by atoms with Gasteiger partial charge in [-0.05, 0) is 56.3 Å². The molecule has 5 nitrogen and oxygen atoms in total. The number of rotatable bonds is 6. The highest BCUT2D eigenvalue weighted by Gasteiger charge is 2.31. The molecule has 1 heterocycles. The summed E-state index contributed by atoms with van der Waals surface area (Å²) in [6, 6.07) is 37.9. The van der Waals surface area contributed by atoms with Gasteiger partial charge >= 0.3 is 0 Å². The van der Waals surface area contributed by atoms with Gasteiger partial charge in [-0.15, -0.1) is 0 Å². The van der Waals surface area contributed by atoms with E-state index < -0.39 is 7.05 Å². The van der Waals surface area contributed by atoms with Gasteiger partial charge in [0.1, 0.15) is 0 Å². The maximum atomic E-state index is 11.3. The van der Waals surface area contributed by atoms with Gasteiger partial charge in [0.15, 0.2) is 0 Å². The zero-order chi connectivity index (χ0) is 26.0. The van der Waals surface area contributed by atoms with E-state index in [1.54, 1.807) is 12.1 Å². The summed E-state index contributed by atoms with van der Waals surface area (Å²) in [7, 11) is -2.56. The zero-order valence-corrected chi connectivity index (χ0v) is 22.9. The van der Waals surface area contributed by atoms with Crippen molar-refractivity contribution >= 4 is 50.3 Å². The number of hydrogen-bond donors (Lipinski definition) is 0. The number of benzene rings is 4. The van der Waals surface area contributed by atoms with E-state index >= 15 is 0 Å². The lowest BCUT2D eigenvalue weighted by atomic mass is 10.3. The maximum absolute atomic E-state index is 11.3. The number of aryl methyl sites for hydroxylation is 1. The fourth-order valence-corrected chi connectivity index (χ4v) is 8.85. The quantitative estimate of drug-likeness (QED) is 0.120. The smallest absolute Gasteiger partial charge is 0.269 e. The Morgan fingerprint density at radius 2 is 1.32 bits per heavy atom. The second-order valence-corrected chi connectivity index (χ2v) is 12.6. The van der Waals surface area contributed by atoms with E-state index in [1.807, 2.05) is 48.5 Å². The third-order valence-electron chi connectivity index (χ3n) is 6.42. The van der Waals surface area contributed by atoms with Crippen molar-refractivity contribution in [1.82, 2.24) is 4.57 Å². The molecule has 0 saturated heterocycles. The number of nitro groups is 1. The summed E-state index contributed by atoms with van der Waals surface area (Å²) in [6.07, 6.45) is 0. The molecule has 0 N–H and O–H groups in total. The van der Waals surface area contributed by atoms with Crippen LogP contribution in [0.5, 0.6) is 0 Å². The highest BCUT2D eigenvalue weighted by Crippen LogP contribution is 2.50. The van der Waals surface area contributed by atoms with Crippen molar-refractivity contribution in [2.24, 2.45) is 4.74 Å². The minimum atomic E-state index is -2.56. The molecular formula is C30H25BrN3O2P. The van der Waals surface area contributed by atoms with E-state index in [1.165, 1.54) is 12.1 Å². The Labute approximate surface area is 224 Å². The van der Waals surface area contributed by atoms with Gasteiger partial charge in [0.2, 0.25) is 0 Å². The lowest BCUT2D eigenvalue weighted by Gasteiger charge is -2.27. The van der Waals surface area contributed by atoms with Crippen LogP contribution in [0.15, 0.2) is 124 Å². The van der Waals surface area contributed by atoms with Crippen LogP contribution in [0, 0.1) is 24.0 Å². The molecule has 4 aromatic carbocycles. The summed E-state index contributed by atoms with van der Waals surface area (Å²) >= 11 is 3.54. The van der Waals surface area contributed by atoms with Crippen molar-refractivity contribution in [2.75, 3.05) is 0 Å². The zero-order valence-electron chi connectivity index (χ0n) is 20.5. The predicted molar refractivity (Wildman–Crippen MR) is 157 cm³/mol. The van der Waals surface area contributed by atoms with E-state index in [4.69, 9.17) is 4.74 Å². The van der Waals surface area contributed by atoms with Gasteiger partial charge in [-0.1, -0.05) is 76.6 Å². The largest absolute Gasteiger partial charge is 0.318 e. The summed E-state index contributed by atoms with van der Waals surface area (Å²) in [5, 5.41) is 14.7. The van der Waals surface area contributed by atoms with Crippen molar-refractivity contribution in [3.63, 3.8) is 0 Å². The molecule has 184 valence electrons. The molecule has 0 aliphatic rings. The van der Waals surface area contributed by atoms with Crippen LogP contribution in [0.4, 0.5) is 11.4 Å². The number of nitrogens with zero attached hydrogens (tertiary/aromatic N) is 3. The first-order valence-corrected chi connectivity index (χ1v) is 14.4. The summed E-state index contributed by atoms with van der Waals surface area (Å²) < 4.78 is 8.79. The molecule has 0 bridgehead atoms. The van der Waals surface area contributed by atoms with Crippen LogP contribution in [-0.4, -0.2) is 9.49 Å². The highest BCUT2D eigenvalue weighted by atomic mass is 79.9. The highest BCUT2D eigenvalue weighted by molar-refractivity contribution is 9.10. The van der Waals surface area contributed by atoms with Crippen LogP contribution in [0.25, 0.3) is 5.69 Å². The fraction of sp³-hybridized carbons (Fsp3) is 0.0667. The molecule has 37 heavy (non-hydrogen) atoms. The van der Waals surface area contributed by atoms with Gasteiger partial charge in [-0.25, -0.2) is 0 Å². The first-order chi connectivity index (χ1) is 17.9. The summed E-state index contributed by atoms with van der Waals surface area (Å²) in [5.41, 5.74) is 4.08. The van der Waals surface area contributed by atoms with Crippen molar-refractivity contribution in [3.8, 4) is 5.69 Å². The third-order valence-corrected chi connectivity index (χ3v) is 10.7. The lowest BCUT2D eigenvalue weighted by Crippen LogP contribution is -2.26. The number of halogens is 1. The van der Waals surface area contributed by atoms with Crippen LogP contribution < -0.4 is 15.9 Å². The van der Waals surface area contributed by atoms with E-state index in [0.717, 1.165) is 37.5 Å². The predicted octanol–water partition coefficient (Wildman–Crippen LogP) is 7.57. The topological polar surface area (TPSA) is 60.4 Å². The molecule has 7 heteroatoms. The number of nitro benzene ring substituents is 1. The Balaban J connectivity index is 1.87. The average molecular weight is 570 g/mol. The molecule has 0 aliphatic carbocycles. The first-order valence-electron chi connectivity index (χ1n) is 11.8. The van der Waals surface area contributed by atoms with Crippen molar-refractivity contribution in [1.29, 1.82) is 0 Å². The number of hydrogen-bond acceptors (Lipinski definition) is 3. The van der Waals surface area contributed by atoms with Crippen LogP contribution in [0.1, 0.15) is 11.4 Å². The van der Waals surface area contributed by atoms with Gasteiger partial charge in [0, 0.05) is 49.6 Å². The van der Waals surface area contributed by atoms with Crippen molar-refractivity contribution < 1.29 is 4.92 Å². The van der Waals surface area contributed by atoms with Crippen LogP contribution in [0.2, 0.25) is 0 Å². The van der Waals surface area contributed by atoms with Crippen molar-refractivity contribution in [2.45, 2.75) is 13.8 Å². The van der Waals surface area contributed by atoms with E-state index in [2.05, 4.69) is 76.8 Å². The molecule has 0 aliphatic heterocycles. The average Bonchev–Trinajstić information content (AvgIpc) is 3.23. The molecule has 0 fully saturated rings. The molecule has 0 spiro atoms. The monoisotopic (exact) mass is 569 g/mol. The molecule has 1 aromatic heterocycles. The van der Waals surface area contributed by atoms with Crippen LogP contribution in [-0.2, 0) is 0 Å². The number of non-ortho nitro benzene ring substituents is 1. The first kappa shape index (κ1) is 24.9. The van der Waals surface area contributed by atoms with Crippen molar-refractivity contribution in [3.05, 3.63) is 141 Å². The van der Waals surface area contributed by atoms with Gasteiger partial charge < -0.3 is 4.57 Å². The third kappa shape index (κ3) is 4.71. The van der Waals surface area contributed by atoms with E-state index in [0.29, 0.717) is 5.69 Å². The van der Waals surface area contributed by atoms with Crippen LogP contribution in [0.3, 0.4) is 0 Å².